The first-order valence-corrected chi connectivity index (χ1v) is 8.20. The van der Waals surface area contributed by atoms with E-state index >= 15 is 0 Å². The van der Waals surface area contributed by atoms with E-state index in [0.29, 0.717) is 0 Å². The number of rotatable bonds is 4. The van der Waals surface area contributed by atoms with Gasteiger partial charge in [-0.3, -0.25) is 0 Å². The summed E-state index contributed by atoms with van der Waals surface area (Å²) in [6.07, 6.45) is 0. The molecule has 0 amide bonds. The predicted molar refractivity (Wildman–Crippen MR) is 88.2 cm³/mol. The molecule has 0 radical (unpaired) electrons. The Morgan fingerprint density at radius 3 is 2.47 bits per heavy atom. The van der Waals surface area contributed by atoms with Gasteiger partial charge in [0.25, 0.3) is 0 Å². The van der Waals surface area contributed by atoms with Crippen molar-refractivity contribution in [3.8, 4) is 0 Å². The molecule has 1 aromatic heterocycles. The Hall–Kier alpha value is -0.640. The SMILES string of the molecule is CCNC(c1cc(Br)ccc1C)c1cc(C)sc1C. The lowest BCUT2D eigenvalue weighted by molar-refractivity contribution is 0.626. The molecule has 2 rings (SSSR count). The summed E-state index contributed by atoms with van der Waals surface area (Å²) in [4.78, 5) is 2.78. The maximum atomic E-state index is 3.62. The fraction of sp³-hybridized carbons (Fsp3) is 0.375. The Bertz CT molecular complexity index is 574. The molecule has 0 saturated heterocycles. The Labute approximate surface area is 128 Å². The minimum absolute atomic E-state index is 0.285. The van der Waals surface area contributed by atoms with Crippen LogP contribution in [0.4, 0.5) is 0 Å². The minimum atomic E-state index is 0.285. The molecule has 3 heteroatoms. The highest BCUT2D eigenvalue weighted by Gasteiger charge is 2.19. The monoisotopic (exact) mass is 337 g/mol. The maximum Gasteiger partial charge on any atom is 0.0590 e. The third kappa shape index (κ3) is 3.28. The lowest BCUT2D eigenvalue weighted by atomic mass is 9.95. The molecule has 0 saturated carbocycles. The average molecular weight is 338 g/mol. The minimum Gasteiger partial charge on any atom is -0.306 e. The largest absolute Gasteiger partial charge is 0.306 e. The van der Waals surface area contributed by atoms with Crippen LogP contribution in [-0.4, -0.2) is 6.54 Å². The number of benzene rings is 1. The lowest BCUT2D eigenvalue weighted by Crippen LogP contribution is -2.23. The number of nitrogens with one attached hydrogen (secondary N) is 1. The molecule has 1 N–H and O–H groups in total. The van der Waals surface area contributed by atoms with Crippen molar-refractivity contribution in [2.75, 3.05) is 6.54 Å². The summed E-state index contributed by atoms with van der Waals surface area (Å²) >= 11 is 5.46. The number of halogens is 1. The van der Waals surface area contributed by atoms with Gasteiger partial charge in [0.1, 0.15) is 0 Å². The van der Waals surface area contributed by atoms with Gasteiger partial charge in [-0.15, -0.1) is 11.3 Å². The normalized spacial score (nSPS) is 12.7. The third-order valence-corrected chi connectivity index (χ3v) is 4.83. The molecule has 0 bridgehead atoms. The van der Waals surface area contributed by atoms with Crippen LogP contribution in [0.25, 0.3) is 0 Å². The van der Waals surface area contributed by atoms with Gasteiger partial charge >= 0.3 is 0 Å². The van der Waals surface area contributed by atoms with E-state index in [1.54, 1.807) is 0 Å². The smallest absolute Gasteiger partial charge is 0.0590 e. The molecule has 1 atom stereocenters. The summed E-state index contributed by atoms with van der Waals surface area (Å²) in [5.41, 5.74) is 4.10. The zero-order valence-electron chi connectivity index (χ0n) is 11.9. The van der Waals surface area contributed by atoms with Crippen molar-refractivity contribution in [2.45, 2.75) is 33.7 Å². The summed E-state index contributed by atoms with van der Waals surface area (Å²) < 4.78 is 1.14. The standard InChI is InChI=1S/C16H20BrNS/c1-5-18-16(15-8-11(3)19-12(15)4)14-9-13(17)7-6-10(14)2/h6-9,16,18H,5H2,1-4H3. The van der Waals surface area contributed by atoms with E-state index in [0.717, 1.165) is 11.0 Å². The first-order valence-electron chi connectivity index (χ1n) is 6.59. The van der Waals surface area contributed by atoms with Crippen molar-refractivity contribution >= 4 is 27.3 Å². The summed E-state index contributed by atoms with van der Waals surface area (Å²) in [6.45, 7) is 9.70. The molecule has 0 aliphatic carbocycles. The van der Waals surface area contributed by atoms with Crippen molar-refractivity contribution in [1.29, 1.82) is 0 Å². The lowest BCUT2D eigenvalue weighted by Gasteiger charge is -2.21. The number of aryl methyl sites for hydroxylation is 3. The first kappa shape index (κ1) is 14.8. The average Bonchev–Trinajstić information content (AvgIpc) is 2.69. The molecule has 1 nitrogen and oxygen atoms in total. The fourth-order valence-corrected chi connectivity index (χ4v) is 3.79. The van der Waals surface area contributed by atoms with Gasteiger partial charge in [0.2, 0.25) is 0 Å². The fourth-order valence-electron chi connectivity index (χ4n) is 2.45. The van der Waals surface area contributed by atoms with Crippen LogP contribution >= 0.6 is 27.3 Å². The highest BCUT2D eigenvalue weighted by molar-refractivity contribution is 9.10. The molecule has 1 aromatic carbocycles. The second kappa shape index (κ2) is 6.21. The summed E-state index contributed by atoms with van der Waals surface area (Å²) in [5, 5.41) is 3.62. The zero-order valence-corrected chi connectivity index (χ0v) is 14.3. The Morgan fingerprint density at radius 2 is 1.89 bits per heavy atom. The van der Waals surface area contributed by atoms with E-state index in [4.69, 9.17) is 0 Å². The predicted octanol–water partition coefficient (Wildman–Crippen LogP) is 5.13. The van der Waals surface area contributed by atoms with Gasteiger partial charge in [0.15, 0.2) is 0 Å². The van der Waals surface area contributed by atoms with Gasteiger partial charge in [0, 0.05) is 14.2 Å². The van der Waals surface area contributed by atoms with Crippen molar-refractivity contribution < 1.29 is 0 Å². The van der Waals surface area contributed by atoms with Crippen LogP contribution in [0.3, 0.4) is 0 Å². The van der Waals surface area contributed by atoms with Crippen LogP contribution in [0.2, 0.25) is 0 Å². The molecule has 102 valence electrons. The van der Waals surface area contributed by atoms with Crippen LogP contribution in [0.1, 0.15) is 39.4 Å². The van der Waals surface area contributed by atoms with Gasteiger partial charge in [-0.1, -0.05) is 28.9 Å². The van der Waals surface area contributed by atoms with E-state index < -0.39 is 0 Å². The van der Waals surface area contributed by atoms with Crippen molar-refractivity contribution in [1.82, 2.24) is 5.32 Å². The van der Waals surface area contributed by atoms with Crippen LogP contribution in [0.5, 0.6) is 0 Å². The molecule has 0 aliphatic heterocycles. The van der Waals surface area contributed by atoms with Crippen LogP contribution in [-0.2, 0) is 0 Å². The molecule has 19 heavy (non-hydrogen) atoms. The van der Waals surface area contributed by atoms with E-state index in [2.05, 4.69) is 73.2 Å². The summed E-state index contributed by atoms with van der Waals surface area (Å²) in [6, 6.07) is 9.11. The van der Waals surface area contributed by atoms with Crippen molar-refractivity contribution in [3.05, 3.63) is 55.2 Å². The number of thiophene rings is 1. The second-order valence-corrected chi connectivity index (χ2v) is 7.24. The molecule has 1 unspecified atom stereocenters. The quantitative estimate of drug-likeness (QED) is 0.814. The van der Waals surface area contributed by atoms with E-state index in [1.165, 1.54) is 26.4 Å². The van der Waals surface area contributed by atoms with E-state index in [9.17, 15) is 0 Å². The van der Waals surface area contributed by atoms with Crippen molar-refractivity contribution in [2.24, 2.45) is 0 Å². The van der Waals surface area contributed by atoms with Crippen LogP contribution in [0, 0.1) is 20.8 Å². The molecular weight excluding hydrogens is 318 g/mol. The van der Waals surface area contributed by atoms with Crippen LogP contribution in [0.15, 0.2) is 28.7 Å². The molecule has 0 fully saturated rings. The highest BCUT2D eigenvalue weighted by atomic mass is 79.9. The molecule has 2 aromatic rings. The molecule has 0 spiro atoms. The Balaban J connectivity index is 2.51. The second-order valence-electron chi connectivity index (χ2n) is 4.86. The Kier molecular flexibility index (Phi) is 4.82. The third-order valence-electron chi connectivity index (χ3n) is 3.35. The molecule has 0 aliphatic rings. The van der Waals surface area contributed by atoms with E-state index in [1.807, 2.05) is 11.3 Å². The van der Waals surface area contributed by atoms with Crippen LogP contribution < -0.4 is 5.32 Å². The topological polar surface area (TPSA) is 12.0 Å². The number of hydrogen-bond donors (Lipinski definition) is 1. The number of hydrogen-bond acceptors (Lipinski definition) is 2. The zero-order chi connectivity index (χ0) is 14.0. The maximum absolute atomic E-state index is 3.62. The summed E-state index contributed by atoms with van der Waals surface area (Å²) in [7, 11) is 0. The molecule has 1 heterocycles. The van der Waals surface area contributed by atoms with Gasteiger partial charge in [-0.25, -0.2) is 0 Å². The van der Waals surface area contributed by atoms with Gasteiger partial charge < -0.3 is 5.32 Å². The van der Waals surface area contributed by atoms with Gasteiger partial charge in [0.05, 0.1) is 6.04 Å². The molecular formula is C16H20BrNS. The van der Waals surface area contributed by atoms with Gasteiger partial charge in [-0.05, 0) is 62.2 Å². The highest BCUT2D eigenvalue weighted by Crippen LogP contribution is 2.33. The summed E-state index contributed by atoms with van der Waals surface area (Å²) in [5.74, 6) is 0. The van der Waals surface area contributed by atoms with E-state index in [-0.39, 0.29) is 6.04 Å². The van der Waals surface area contributed by atoms with Crippen molar-refractivity contribution in [3.63, 3.8) is 0 Å². The first-order chi connectivity index (χ1) is 9.02. The van der Waals surface area contributed by atoms with Gasteiger partial charge in [-0.2, -0.15) is 0 Å². The Morgan fingerprint density at radius 1 is 1.16 bits per heavy atom.